The van der Waals surface area contributed by atoms with E-state index in [9.17, 15) is 4.79 Å². The van der Waals surface area contributed by atoms with Gasteiger partial charge in [0, 0.05) is 13.2 Å². The summed E-state index contributed by atoms with van der Waals surface area (Å²) < 4.78 is 5.37. The van der Waals surface area contributed by atoms with E-state index in [1.807, 2.05) is 31.2 Å². The predicted molar refractivity (Wildman–Crippen MR) is 62.7 cm³/mol. The quantitative estimate of drug-likeness (QED) is 0.717. The van der Waals surface area contributed by atoms with Crippen LogP contribution in [-0.2, 0) is 22.7 Å². The Bertz CT molecular complexity index is 340. The highest BCUT2D eigenvalue weighted by molar-refractivity contribution is 5.75. The van der Waals surface area contributed by atoms with E-state index in [-0.39, 0.29) is 12.5 Å². The molecule has 0 atom stereocenters. The molecule has 4 heteroatoms. The van der Waals surface area contributed by atoms with Crippen LogP contribution >= 0.6 is 0 Å². The Hall–Kier alpha value is -1.39. The average Bonchev–Trinajstić information content (AvgIpc) is 2.27. The summed E-state index contributed by atoms with van der Waals surface area (Å²) in [6.45, 7) is 4.09. The fourth-order valence-corrected chi connectivity index (χ4v) is 1.40. The van der Waals surface area contributed by atoms with E-state index in [0.717, 1.165) is 11.1 Å². The zero-order valence-corrected chi connectivity index (χ0v) is 9.53. The molecule has 1 aromatic carbocycles. The normalized spacial score (nSPS) is 10.3. The Balaban J connectivity index is 2.52. The Labute approximate surface area is 95.8 Å². The van der Waals surface area contributed by atoms with Crippen LogP contribution < -0.4 is 11.1 Å². The van der Waals surface area contributed by atoms with Crippen molar-refractivity contribution in [3.05, 3.63) is 35.4 Å². The maximum atomic E-state index is 10.6. The van der Waals surface area contributed by atoms with E-state index in [1.54, 1.807) is 0 Å². The molecule has 1 aromatic rings. The number of amides is 1. The van der Waals surface area contributed by atoms with Gasteiger partial charge in [0.25, 0.3) is 0 Å². The van der Waals surface area contributed by atoms with Crippen molar-refractivity contribution in [2.45, 2.75) is 20.1 Å². The van der Waals surface area contributed by atoms with Crippen LogP contribution in [0.15, 0.2) is 24.3 Å². The largest absolute Gasteiger partial charge is 0.377 e. The predicted octanol–water partition coefficient (Wildman–Crippen LogP) is 0.798. The lowest BCUT2D eigenvalue weighted by Gasteiger charge is -2.09. The third-order valence-electron chi connectivity index (χ3n) is 2.19. The molecule has 0 saturated heterocycles. The molecule has 0 aliphatic carbocycles. The molecule has 1 rings (SSSR count). The highest BCUT2D eigenvalue weighted by Gasteiger charge is 2.01. The number of nitrogens with one attached hydrogen (secondary N) is 1. The zero-order valence-electron chi connectivity index (χ0n) is 9.53. The molecule has 0 aliphatic heterocycles. The number of primary amides is 1. The van der Waals surface area contributed by atoms with Crippen LogP contribution in [0.5, 0.6) is 0 Å². The summed E-state index contributed by atoms with van der Waals surface area (Å²) in [6.07, 6.45) is 0. The van der Waals surface area contributed by atoms with Gasteiger partial charge in [-0.3, -0.25) is 4.79 Å². The second kappa shape index (κ2) is 6.98. The zero-order chi connectivity index (χ0) is 11.8. The smallest absolute Gasteiger partial charge is 0.231 e. The van der Waals surface area contributed by atoms with Crippen molar-refractivity contribution in [2.24, 2.45) is 5.73 Å². The molecule has 0 radical (unpaired) electrons. The lowest BCUT2D eigenvalue weighted by molar-refractivity contribution is -0.117. The number of hydrogen-bond donors (Lipinski definition) is 2. The molecule has 0 heterocycles. The van der Waals surface area contributed by atoms with Crippen LogP contribution in [0.1, 0.15) is 18.1 Å². The third-order valence-corrected chi connectivity index (χ3v) is 2.19. The van der Waals surface area contributed by atoms with Crippen molar-refractivity contribution in [3.8, 4) is 0 Å². The van der Waals surface area contributed by atoms with E-state index < -0.39 is 0 Å². The number of rotatable bonds is 7. The fraction of sp³-hybridized carbons (Fsp3) is 0.417. The van der Waals surface area contributed by atoms with Crippen molar-refractivity contribution in [1.29, 1.82) is 0 Å². The number of benzene rings is 1. The highest BCUT2D eigenvalue weighted by atomic mass is 16.5. The summed E-state index contributed by atoms with van der Waals surface area (Å²) in [6, 6.07) is 7.99. The molecular formula is C12H18N2O2. The third kappa shape index (κ3) is 4.42. The van der Waals surface area contributed by atoms with Crippen LogP contribution in [0.4, 0.5) is 0 Å². The first-order chi connectivity index (χ1) is 7.74. The van der Waals surface area contributed by atoms with Crippen molar-refractivity contribution >= 4 is 5.91 Å². The highest BCUT2D eigenvalue weighted by Crippen LogP contribution is 2.09. The molecule has 88 valence electrons. The summed E-state index contributed by atoms with van der Waals surface area (Å²) >= 11 is 0. The van der Waals surface area contributed by atoms with E-state index in [2.05, 4.69) is 5.32 Å². The molecule has 1 amide bonds. The van der Waals surface area contributed by atoms with Crippen molar-refractivity contribution < 1.29 is 9.53 Å². The van der Waals surface area contributed by atoms with Gasteiger partial charge in [0.05, 0.1) is 13.2 Å². The van der Waals surface area contributed by atoms with Crippen LogP contribution in [0, 0.1) is 0 Å². The minimum Gasteiger partial charge on any atom is -0.377 e. The molecule has 0 unspecified atom stereocenters. The SMILES string of the molecule is CCOCc1ccccc1CNCC(N)=O. The molecule has 0 aliphatic rings. The number of hydrogen-bond acceptors (Lipinski definition) is 3. The Morgan fingerprint density at radius 1 is 1.38 bits per heavy atom. The van der Waals surface area contributed by atoms with Crippen LogP contribution in [0.25, 0.3) is 0 Å². The number of ether oxygens (including phenoxy) is 1. The van der Waals surface area contributed by atoms with E-state index >= 15 is 0 Å². The van der Waals surface area contributed by atoms with Gasteiger partial charge < -0.3 is 15.8 Å². The average molecular weight is 222 g/mol. The standard InChI is InChI=1S/C12H18N2O2/c1-2-16-9-11-6-4-3-5-10(11)7-14-8-12(13)15/h3-6,14H,2,7-9H2,1H3,(H2,13,15). The van der Waals surface area contributed by atoms with Gasteiger partial charge in [-0.1, -0.05) is 24.3 Å². The minimum atomic E-state index is -0.345. The first-order valence-electron chi connectivity index (χ1n) is 5.37. The lowest BCUT2D eigenvalue weighted by atomic mass is 10.1. The van der Waals surface area contributed by atoms with Gasteiger partial charge in [0.1, 0.15) is 0 Å². The molecule has 0 spiro atoms. The molecule has 0 saturated carbocycles. The molecule has 4 nitrogen and oxygen atoms in total. The summed E-state index contributed by atoms with van der Waals surface area (Å²) in [5, 5.41) is 2.99. The van der Waals surface area contributed by atoms with Gasteiger partial charge in [-0.25, -0.2) is 0 Å². The molecule has 0 bridgehead atoms. The van der Waals surface area contributed by atoms with E-state index in [1.165, 1.54) is 0 Å². The van der Waals surface area contributed by atoms with Gasteiger partial charge in [0.15, 0.2) is 0 Å². The van der Waals surface area contributed by atoms with Crippen molar-refractivity contribution in [2.75, 3.05) is 13.2 Å². The summed E-state index contributed by atoms with van der Waals surface area (Å²) in [4.78, 5) is 10.6. The second-order valence-electron chi connectivity index (χ2n) is 3.48. The molecular weight excluding hydrogens is 204 g/mol. The molecule has 0 fully saturated rings. The van der Waals surface area contributed by atoms with Crippen LogP contribution in [0.3, 0.4) is 0 Å². The monoisotopic (exact) mass is 222 g/mol. The van der Waals surface area contributed by atoms with Crippen molar-refractivity contribution in [3.63, 3.8) is 0 Å². The first-order valence-corrected chi connectivity index (χ1v) is 5.37. The molecule has 3 N–H and O–H groups in total. The summed E-state index contributed by atoms with van der Waals surface area (Å²) in [7, 11) is 0. The van der Waals surface area contributed by atoms with Crippen LogP contribution in [-0.4, -0.2) is 19.1 Å². The number of carbonyl (C=O) groups is 1. The first kappa shape index (κ1) is 12.7. The van der Waals surface area contributed by atoms with Gasteiger partial charge >= 0.3 is 0 Å². The van der Waals surface area contributed by atoms with Crippen LogP contribution in [0.2, 0.25) is 0 Å². The van der Waals surface area contributed by atoms with Gasteiger partial charge in [-0.2, -0.15) is 0 Å². The lowest BCUT2D eigenvalue weighted by Crippen LogP contribution is -2.28. The Morgan fingerprint density at radius 3 is 2.69 bits per heavy atom. The molecule has 16 heavy (non-hydrogen) atoms. The fourth-order valence-electron chi connectivity index (χ4n) is 1.40. The van der Waals surface area contributed by atoms with Gasteiger partial charge in [-0.05, 0) is 18.1 Å². The van der Waals surface area contributed by atoms with E-state index in [4.69, 9.17) is 10.5 Å². The van der Waals surface area contributed by atoms with Crippen molar-refractivity contribution in [1.82, 2.24) is 5.32 Å². The summed E-state index contributed by atoms with van der Waals surface area (Å²) in [5.74, 6) is -0.345. The maximum Gasteiger partial charge on any atom is 0.231 e. The Morgan fingerprint density at radius 2 is 2.06 bits per heavy atom. The van der Waals surface area contributed by atoms with E-state index in [0.29, 0.717) is 19.8 Å². The molecule has 0 aromatic heterocycles. The van der Waals surface area contributed by atoms with Gasteiger partial charge in [0.2, 0.25) is 5.91 Å². The summed E-state index contributed by atoms with van der Waals surface area (Å²) in [5.41, 5.74) is 7.33. The van der Waals surface area contributed by atoms with Gasteiger partial charge in [-0.15, -0.1) is 0 Å². The Kier molecular flexibility index (Phi) is 5.53. The topological polar surface area (TPSA) is 64.3 Å². The second-order valence-corrected chi connectivity index (χ2v) is 3.48. The minimum absolute atomic E-state index is 0.197. The number of carbonyl (C=O) groups excluding carboxylic acids is 1. The number of nitrogens with two attached hydrogens (primary N) is 1. The maximum absolute atomic E-state index is 10.6.